The van der Waals surface area contributed by atoms with E-state index in [0.717, 1.165) is 25.7 Å². The van der Waals surface area contributed by atoms with Crippen molar-refractivity contribution in [2.24, 2.45) is 5.92 Å². The highest BCUT2D eigenvalue weighted by atomic mass is 16.6. The fourth-order valence-electron chi connectivity index (χ4n) is 3.06. The molecule has 0 N–H and O–H groups in total. The number of ether oxygens (including phenoxy) is 2. The van der Waals surface area contributed by atoms with Crippen molar-refractivity contribution in [2.45, 2.75) is 57.7 Å². The molecule has 2 aliphatic heterocycles. The van der Waals surface area contributed by atoms with Crippen molar-refractivity contribution < 1.29 is 14.3 Å². The Morgan fingerprint density at radius 1 is 1.40 bits per heavy atom. The summed E-state index contributed by atoms with van der Waals surface area (Å²) in [4.78, 5) is 13.9. The molecule has 1 amide bonds. The van der Waals surface area contributed by atoms with Crippen molar-refractivity contribution in [3.05, 3.63) is 0 Å². The van der Waals surface area contributed by atoms with Gasteiger partial charge in [0.2, 0.25) is 0 Å². The maximum Gasteiger partial charge on any atom is 0.410 e. The average molecular weight is 280 g/mol. The van der Waals surface area contributed by atoms with E-state index in [0.29, 0.717) is 19.7 Å². The second kappa shape index (κ2) is 5.61. The van der Waals surface area contributed by atoms with Crippen LogP contribution in [0, 0.1) is 17.2 Å². The first kappa shape index (κ1) is 15.1. The van der Waals surface area contributed by atoms with Gasteiger partial charge in [-0.3, -0.25) is 0 Å². The zero-order valence-electron chi connectivity index (χ0n) is 12.6. The first-order valence-corrected chi connectivity index (χ1v) is 7.38. The molecule has 0 bridgehead atoms. The van der Waals surface area contributed by atoms with Crippen LogP contribution >= 0.6 is 0 Å². The Hall–Kier alpha value is -1.28. The molecule has 2 rings (SSSR count). The van der Waals surface area contributed by atoms with Crippen LogP contribution in [0.1, 0.15) is 46.5 Å². The number of amides is 1. The van der Waals surface area contributed by atoms with Gasteiger partial charge in [-0.25, -0.2) is 4.79 Å². The molecule has 112 valence electrons. The Kier molecular flexibility index (Phi) is 4.24. The van der Waals surface area contributed by atoms with E-state index in [4.69, 9.17) is 9.47 Å². The van der Waals surface area contributed by atoms with Gasteiger partial charge >= 0.3 is 6.09 Å². The van der Waals surface area contributed by atoms with Crippen LogP contribution in [0.4, 0.5) is 4.79 Å². The summed E-state index contributed by atoms with van der Waals surface area (Å²) in [6.07, 6.45) is 2.98. The molecule has 5 nitrogen and oxygen atoms in total. The summed E-state index contributed by atoms with van der Waals surface area (Å²) in [5.74, 6) is -0.0407. The van der Waals surface area contributed by atoms with Crippen LogP contribution in [0.2, 0.25) is 0 Å². The van der Waals surface area contributed by atoms with Crippen molar-refractivity contribution in [1.82, 2.24) is 4.90 Å². The highest BCUT2D eigenvalue weighted by Crippen LogP contribution is 2.40. The maximum absolute atomic E-state index is 12.1. The molecule has 2 saturated heterocycles. The highest BCUT2D eigenvalue weighted by Gasteiger charge is 2.45. The number of nitrogens with zero attached hydrogens (tertiary/aromatic N) is 2. The smallest absolute Gasteiger partial charge is 0.410 e. The van der Waals surface area contributed by atoms with Crippen molar-refractivity contribution in [3.63, 3.8) is 0 Å². The lowest BCUT2D eigenvalue weighted by Crippen LogP contribution is -2.39. The molecule has 2 unspecified atom stereocenters. The predicted octanol–water partition coefficient (Wildman–Crippen LogP) is 2.71. The quantitative estimate of drug-likeness (QED) is 0.684. The SMILES string of the molecule is CC(C)(C)OC(=O)N1CCCC2(CC1)OCCC2C#N. The van der Waals surface area contributed by atoms with Gasteiger partial charge in [0.15, 0.2) is 0 Å². The standard InChI is InChI=1S/C15H24N2O3/c1-14(2,3)20-13(18)17-8-4-6-15(7-9-17)12(11-16)5-10-19-15/h12H,4-10H2,1-3H3. The molecule has 2 atom stereocenters. The molecular weight excluding hydrogens is 256 g/mol. The highest BCUT2D eigenvalue weighted by molar-refractivity contribution is 5.68. The minimum atomic E-state index is -0.472. The number of hydrogen-bond acceptors (Lipinski definition) is 4. The molecular formula is C15H24N2O3. The van der Waals surface area contributed by atoms with Crippen LogP contribution in [0.25, 0.3) is 0 Å². The van der Waals surface area contributed by atoms with Crippen molar-refractivity contribution >= 4 is 6.09 Å². The van der Waals surface area contributed by atoms with E-state index < -0.39 is 5.60 Å². The zero-order valence-corrected chi connectivity index (χ0v) is 12.6. The fraction of sp³-hybridized carbons (Fsp3) is 0.867. The summed E-state index contributed by atoms with van der Waals surface area (Å²) in [7, 11) is 0. The van der Waals surface area contributed by atoms with E-state index in [-0.39, 0.29) is 17.6 Å². The lowest BCUT2D eigenvalue weighted by molar-refractivity contribution is -0.0228. The van der Waals surface area contributed by atoms with Crippen LogP contribution in [-0.4, -0.2) is 41.9 Å². The van der Waals surface area contributed by atoms with Gasteiger partial charge in [0, 0.05) is 19.7 Å². The summed E-state index contributed by atoms with van der Waals surface area (Å²) in [5.41, 5.74) is -0.814. The zero-order chi connectivity index (χ0) is 14.8. The Balaban J connectivity index is 1.99. The van der Waals surface area contributed by atoms with E-state index in [1.807, 2.05) is 20.8 Å². The van der Waals surface area contributed by atoms with Gasteiger partial charge in [0.05, 0.1) is 17.6 Å². The number of likely N-dealkylation sites (tertiary alicyclic amines) is 1. The molecule has 0 saturated carbocycles. The first-order chi connectivity index (χ1) is 9.36. The largest absolute Gasteiger partial charge is 0.444 e. The molecule has 0 aliphatic carbocycles. The fourth-order valence-corrected chi connectivity index (χ4v) is 3.06. The van der Waals surface area contributed by atoms with Gasteiger partial charge in [-0.15, -0.1) is 0 Å². The third-order valence-corrected chi connectivity index (χ3v) is 4.07. The summed E-state index contributed by atoms with van der Waals surface area (Å²) in [6, 6.07) is 2.37. The van der Waals surface area contributed by atoms with Gasteiger partial charge in [-0.1, -0.05) is 0 Å². The molecule has 0 aromatic heterocycles. The lowest BCUT2D eigenvalue weighted by Gasteiger charge is -2.30. The molecule has 2 heterocycles. The lowest BCUT2D eigenvalue weighted by atomic mass is 9.82. The third-order valence-electron chi connectivity index (χ3n) is 4.07. The van der Waals surface area contributed by atoms with Crippen LogP contribution in [0.5, 0.6) is 0 Å². The Morgan fingerprint density at radius 2 is 2.15 bits per heavy atom. The number of hydrogen-bond donors (Lipinski definition) is 0. The molecule has 2 aliphatic rings. The Labute approximate surface area is 120 Å². The summed E-state index contributed by atoms with van der Waals surface area (Å²) in [6.45, 7) is 7.55. The Morgan fingerprint density at radius 3 is 2.80 bits per heavy atom. The number of rotatable bonds is 0. The van der Waals surface area contributed by atoms with Crippen LogP contribution in [0.3, 0.4) is 0 Å². The normalized spacial score (nSPS) is 30.9. The average Bonchev–Trinajstić information content (AvgIpc) is 2.60. The second-order valence-electron chi connectivity index (χ2n) is 6.70. The van der Waals surface area contributed by atoms with Crippen LogP contribution in [-0.2, 0) is 9.47 Å². The molecule has 0 radical (unpaired) electrons. The topological polar surface area (TPSA) is 62.6 Å². The number of carbonyl (C=O) groups excluding carboxylic acids is 1. The molecule has 1 spiro atoms. The van der Waals surface area contributed by atoms with E-state index in [9.17, 15) is 10.1 Å². The minimum Gasteiger partial charge on any atom is -0.444 e. The van der Waals surface area contributed by atoms with Crippen molar-refractivity contribution in [2.75, 3.05) is 19.7 Å². The van der Waals surface area contributed by atoms with Gasteiger partial charge in [0.25, 0.3) is 0 Å². The monoisotopic (exact) mass is 280 g/mol. The second-order valence-corrected chi connectivity index (χ2v) is 6.70. The van der Waals surface area contributed by atoms with Crippen molar-refractivity contribution in [3.8, 4) is 6.07 Å². The van der Waals surface area contributed by atoms with E-state index >= 15 is 0 Å². The molecule has 0 aromatic rings. The molecule has 0 aromatic carbocycles. The van der Waals surface area contributed by atoms with Crippen molar-refractivity contribution in [1.29, 1.82) is 5.26 Å². The van der Waals surface area contributed by atoms with Crippen LogP contribution in [0.15, 0.2) is 0 Å². The van der Waals surface area contributed by atoms with Gasteiger partial charge in [-0.05, 0) is 46.5 Å². The van der Waals surface area contributed by atoms with E-state index in [2.05, 4.69) is 6.07 Å². The van der Waals surface area contributed by atoms with E-state index in [1.165, 1.54) is 0 Å². The van der Waals surface area contributed by atoms with Gasteiger partial charge in [-0.2, -0.15) is 5.26 Å². The van der Waals surface area contributed by atoms with Gasteiger partial charge in [0.1, 0.15) is 5.60 Å². The summed E-state index contributed by atoms with van der Waals surface area (Å²) < 4.78 is 11.3. The molecule has 5 heteroatoms. The Bertz CT molecular complexity index is 410. The molecule has 2 fully saturated rings. The minimum absolute atomic E-state index is 0.0407. The molecule has 20 heavy (non-hydrogen) atoms. The van der Waals surface area contributed by atoms with E-state index in [1.54, 1.807) is 4.90 Å². The maximum atomic E-state index is 12.1. The summed E-state index contributed by atoms with van der Waals surface area (Å²) >= 11 is 0. The van der Waals surface area contributed by atoms with Gasteiger partial charge < -0.3 is 14.4 Å². The predicted molar refractivity (Wildman–Crippen MR) is 74.1 cm³/mol. The first-order valence-electron chi connectivity index (χ1n) is 7.38. The summed E-state index contributed by atoms with van der Waals surface area (Å²) in [5, 5.41) is 9.27. The number of carbonyl (C=O) groups is 1. The number of nitriles is 1. The van der Waals surface area contributed by atoms with Crippen LogP contribution < -0.4 is 0 Å². The third kappa shape index (κ3) is 3.24.